The summed E-state index contributed by atoms with van der Waals surface area (Å²) in [6.45, 7) is -0.408. The first-order valence-corrected chi connectivity index (χ1v) is 9.33. The molecule has 0 aliphatic carbocycles. The Labute approximate surface area is 173 Å². The van der Waals surface area contributed by atoms with Gasteiger partial charge in [0.15, 0.2) is 5.96 Å². The first-order valence-electron chi connectivity index (χ1n) is 9.33. The van der Waals surface area contributed by atoms with Gasteiger partial charge >= 0.3 is 6.18 Å². The van der Waals surface area contributed by atoms with E-state index < -0.39 is 12.8 Å². The van der Waals surface area contributed by atoms with Crippen molar-refractivity contribution in [3.8, 4) is 0 Å². The van der Waals surface area contributed by atoms with E-state index in [1.807, 2.05) is 30.3 Å². The normalized spacial score (nSPS) is 11.8. The number of carbonyl (C=O) groups excluding carboxylic acids is 1. The van der Waals surface area contributed by atoms with Crippen LogP contribution in [0.15, 0.2) is 59.6 Å². The number of hydrogen-bond acceptors (Lipinski definition) is 3. The molecule has 2 rings (SSSR count). The van der Waals surface area contributed by atoms with E-state index in [0.717, 1.165) is 11.1 Å². The fourth-order valence-corrected chi connectivity index (χ4v) is 2.47. The molecule has 0 spiro atoms. The largest absolute Gasteiger partial charge is 0.411 e. The number of nitrogens with zero attached hydrogens (tertiary/aromatic N) is 1. The molecule has 2 aromatic rings. The van der Waals surface area contributed by atoms with Gasteiger partial charge < -0.3 is 20.7 Å². The molecule has 0 aliphatic heterocycles. The summed E-state index contributed by atoms with van der Waals surface area (Å²) in [6.07, 6.45) is -4.33. The van der Waals surface area contributed by atoms with Gasteiger partial charge in [-0.25, -0.2) is 0 Å². The van der Waals surface area contributed by atoms with Crippen LogP contribution in [0.1, 0.15) is 16.7 Å². The lowest BCUT2D eigenvalue weighted by atomic mass is 10.1. The minimum Gasteiger partial charge on any atom is -0.367 e. The highest BCUT2D eigenvalue weighted by molar-refractivity contribution is 5.86. The number of aliphatic imine (C=N–C) groups is 1. The number of halogens is 3. The van der Waals surface area contributed by atoms with E-state index in [1.54, 1.807) is 31.3 Å². The van der Waals surface area contributed by atoms with Crippen LogP contribution in [0.4, 0.5) is 13.2 Å². The second-order valence-corrected chi connectivity index (χ2v) is 6.47. The van der Waals surface area contributed by atoms with Crippen molar-refractivity contribution in [3.05, 3.63) is 71.3 Å². The van der Waals surface area contributed by atoms with Gasteiger partial charge in [0.05, 0.1) is 13.2 Å². The van der Waals surface area contributed by atoms with E-state index in [0.29, 0.717) is 24.6 Å². The highest BCUT2D eigenvalue weighted by atomic mass is 19.4. The molecule has 0 fully saturated rings. The lowest BCUT2D eigenvalue weighted by Crippen LogP contribution is -2.42. The van der Waals surface area contributed by atoms with E-state index in [1.165, 1.54) is 0 Å². The molecule has 0 atom stereocenters. The third-order valence-electron chi connectivity index (χ3n) is 3.99. The summed E-state index contributed by atoms with van der Waals surface area (Å²) in [7, 11) is 1.60. The van der Waals surface area contributed by atoms with Crippen LogP contribution in [0, 0.1) is 0 Å². The number of carbonyl (C=O) groups is 1. The van der Waals surface area contributed by atoms with Gasteiger partial charge in [-0.05, 0) is 16.7 Å². The van der Waals surface area contributed by atoms with Crippen molar-refractivity contribution in [2.24, 2.45) is 4.99 Å². The Hall–Kier alpha value is -3.07. The third-order valence-corrected chi connectivity index (χ3v) is 3.99. The zero-order valence-corrected chi connectivity index (χ0v) is 16.6. The van der Waals surface area contributed by atoms with Crippen molar-refractivity contribution in [1.82, 2.24) is 16.0 Å². The molecule has 0 bridgehead atoms. The second kappa shape index (κ2) is 11.8. The predicted molar refractivity (Wildman–Crippen MR) is 109 cm³/mol. The van der Waals surface area contributed by atoms with E-state index in [-0.39, 0.29) is 19.1 Å². The molecule has 0 saturated heterocycles. The lowest BCUT2D eigenvalue weighted by molar-refractivity contribution is -0.176. The lowest BCUT2D eigenvalue weighted by Gasteiger charge is -2.12. The maximum Gasteiger partial charge on any atom is 0.411 e. The molecule has 2 aromatic carbocycles. The molecular formula is C21H25F3N4O2. The Balaban J connectivity index is 1.68. The first-order chi connectivity index (χ1) is 14.4. The smallest absolute Gasteiger partial charge is 0.367 e. The Morgan fingerprint density at radius 3 is 2.13 bits per heavy atom. The summed E-state index contributed by atoms with van der Waals surface area (Å²) in [4.78, 5) is 16.0. The number of ether oxygens (including phenoxy) is 1. The second-order valence-electron chi connectivity index (χ2n) is 6.47. The Kier molecular flexibility index (Phi) is 9.14. The summed E-state index contributed by atoms with van der Waals surface area (Å²) >= 11 is 0. The molecule has 0 heterocycles. The van der Waals surface area contributed by atoms with E-state index in [9.17, 15) is 18.0 Å². The molecule has 9 heteroatoms. The van der Waals surface area contributed by atoms with Crippen LogP contribution in [-0.4, -0.2) is 38.2 Å². The molecule has 0 unspecified atom stereocenters. The topological polar surface area (TPSA) is 74.8 Å². The standard InChI is InChI=1S/C21H25F3N4O2/c1-25-20(28-13-19(29)26-11-16-5-3-2-4-6-16)27-12-17-7-9-18(10-8-17)14-30-15-21(22,23)24/h2-10H,11-15H2,1H3,(H,26,29)(H2,25,27,28). The third kappa shape index (κ3) is 9.42. The Bertz CT molecular complexity index is 809. The quantitative estimate of drug-likeness (QED) is 0.429. The molecule has 6 nitrogen and oxygen atoms in total. The van der Waals surface area contributed by atoms with Gasteiger partial charge in [0.1, 0.15) is 6.61 Å². The van der Waals surface area contributed by atoms with Gasteiger partial charge in [-0.15, -0.1) is 0 Å². The van der Waals surface area contributed by atoms with Crippen molar-refractivity contribution in [2.75, 3.05) is 20.2 Å². The number of guanidine groups is 1. The van der Waals surface area contributed by atoms with Crippen molar-refractivity contribution >= 4 is 11.9 Å². The zero-order valence-electron chi connectivity index (χ0n) is 16.6. The van der Waals surface area contributed by atoms with Crippen LogP contribution >= 0.6 is 0 Å². The fraction of sp³-hybridized carbons (Fsp3) is 0.333. The minimum absolute atomic E-state index is 0.0714. The van der Waals surface area contributed by atoms with Gasteiger partial charge in [-0.2, -0.15) is 13.2 Å². The number of hydrogen-bond donors (Lipinski definition) is 3. The van der Waals surface area contributed by atoms with Gasteiger partial charge in [0.2, 0.25) is 5.91 Å². The van der Waals surface area contributed by atoms with E-state index >= 15 is 0 Å². The maximum absolute atomic E-state index is 12.1. The predicted octanol–water partition coefficient (Wildman–Crippen LogP) is 2.75. The molecule has 0 aromatic heterocycles. The van der Waals surface area contributed by atoms with E-state index in [2.05, 4.69) is 25.7 Å². The average molecular weight is 422 g/mol. The highest BCUT2D eigenvalue weighted by Gasteiger charge is 2.27. The monoisotopic (exact) mass is 422 g/mol. The zero-order chi connectivity index (χ0) is 21.8. The van der Waals surface area contributed by atoms with Gasteiger partial charge in [0, 0.05) is 20.1 Å². The summed E-state index contributed by atoms with van der Waals surface area (Å²) in [5, 5.41) is 8.82. The van der Waals surface area contributed by atoms with Crippen LogP contribution in [0.25, 0.3) is 0 Å². The molecular weight excluding hydrogens is 397 g/mol. The summed E-state index contributed by atoms with van der Waals surface area (Å²) in [5.41, 5.74) is 2.58. The Morgan fingerprint density at radius 1 is 0.900 bits per heavy atom. The SMILES string of the molecule is CN=C(NCC(=O)NCc1ccccc1)NCc1ccc(COCC(F)(F)F)cc1. The molecule has 30 heavy (non-hydrogen) atoms. The van der Waals surface area contributed by atoms with Crippen molar-refractivity contribution < 1.29 is 22.7 Å². The highest BCUT2D eigenvalue weighted by Crippen LogP contribution is 2.15. The Morgan fingerprint density at radius 2 is 1.50 bits per heavy atom. The summed E-state index contributed by atoms with van der Waals surface area (Å²) < 4.78 is 40.9. The van der Waals surface area contributed by atoms with Crippen LogP contribution in [0.5, 0.6) is 0 Å². The van der Waals surface area contributed by atoms with Crippen molar-refractivity contribution in [1.29, 1.82) is 0 Å². The molecule has 0 radical (unpaired) electrons. The van der Waals surface area contributed by atoms with Crippen LogP contribution < -0.4 is 16.0 Å². The molecule has 3 N–H and O–H groups in total. The summed E-state index contributed by atoms with van der Waals surface area (Å²) in [6, 6.07) is 16.6. The number of rotatable bonds is 9. The van der Waals surface area contributed by atoms with Crippen molar-refractivity contribution in [3.63, 3.8) is 0 Å². The molecule has 1 amide bonds. The first kappa shape index (κ1) is 23.2. The minimum atomic E-state index is -4.33. The number of benzene rings is 2. The molecule has 162 valence electrons. The van der Waals surface area contributed by atoms with Crippen LogP contribution in [0.2, 0.25) is 0 Å². The maximum atomic E-state index is 12.1. The van der Waals surface area contributed by atoms with Gasteiger partial charge in [-0.1, -0.05) is 54.6 Å². The van der Waals surface area contributed by atoms with Crippen molar-refractivity contribution in [2.45, 2.75) is 25.9 Å². The molecule has 0 saturated carbocycles. The number of nitrogens with one attached hydrogen (secondary N) is 3. The number of amides is 1. The van der Waals surface area contributed by atoms with Crippen LogP contribution in [-0.2, 0) is 29.2 Å². The molecule has 0 aliphatic rings. The summed E-state index contributed by atoms with van der Waals surface area (Å²) in [5.74, 6) is 0.299. The van der Waals surface area contributed by atoms with Gasteiger partial charge in [-0.3, -0.25) is 9.79 Å². The van der Waals surface area contributed by atoms with Gasteiger partial charge in [0.25, 0.3) is 0 Å². The van der Waals surface area contributed by atoms with Crippen LogP contribution in [0.3, 0.4) is 0 Å². The average Bonchev–Trinajstić information content (AvgIpc) is 2.73. The van der Waals surface area contributed by atoms with E-state index in [4.69, 9.17) is 0 Å². The fourth-order valence-electron chi connectivity index (χ4n) is 2.47. The number of alkyl halides is 3.